The summed E-state index contributed by atoms with van der Waals surface area (Å²) in [6.07, 6.45) is 2.24. The Morgan fingerprint density at radius 1 is 1.44 bits per heavy atom. The normalized spacial score (nSPS) is 32.0. The van der Waals surface area contributed by atoms with Crippen LogP contribution >= 0.6 is 0 Å². The third kappa shape index (κ3) is 2.31. The van der Waals surface area contributed by atoms with E-state index in [-0.39, 0.29) is 24.0 Å². The molecule has 0 spiro atoms. The number of carboxylic acids is 1. The van der Waals surface area contributed by atoms with Gasteiger partial charge in [0.1, 0.15) is 0 Å². The second kappa shape index (κ2) is 4.78. The molecule has 18 heavy (non-hydrogen) atoms. The van der Waals surface area contributed by atoms with Gasteiger partial charge in [-0.3, -0.25) is 4.79 Å². The molecule has 1 unspecified atom stereocenters. The van der Waals surface area contributed by atoms with Crippen molar-refractivity contribution in [3.63, 3.8) is 0 Å². The van der Waals surface area contributed by atoms with Gasteiger partial charge in [0.15, 0.2) is 0 Å². The minimum atomic E-state index is -0.731. The highest BCUT2D eigenvalue weighted by atomic mass is 16.4. The highest BCUT2D eigenvalue weighted by molar-refractivity contribution is 5.78. The monoisotopic (exact) mass is 254 g/mol. The first kappa shape index (κ1) is 13.2. The van der Waals surface area contributed by atoms with Gasteiger partial charge in [0.25, 0.3) is 0 Å². The Balaban J connectivity index is 1.92. The van der Waals surface area contributed by atoms with E-state index in [1.165, 1.54) is 0 Å². The Morgan fingerprint density at radius 2 is 2.06 bits per heavy atom. The number of carbonyl (C=O) groups is 2. The molecule has 1 heterocycles. The Kier molecular flexibility index (Phi) is 3.50. The van der Waals surface area contributed by atoms with Gasteiger partial charge in [0.2, 0.25) is 0 Å². The lowest BCUT2D eigenvalue weighted by Crippen LogP contribution is -2.48. The van der Waals surface area contributed by atoms with Gasteiger partial charge in [-0.05, 0) is 25.2 Å². The molecule has 2 amide bonds. The lowest BCUT2D eigenvalue weighted by molar-refractivity contribution is -0.146. The number of likely N-dealkylation sites (N-methyl/N-ethyl adjacent to an activating group) is 1. The summed E-state index contributed by atoms with van der Waals surface area (Å²) in [5.41, 5.74) is 0. The van der Waals surface area contributed by atoms with Gasteiger partial charge in [0.05, 0.1) is 12.0 Å². The van der Waals surface area contributed by atoms with Crippen molar-refractivity contribution in [1.29, 1.82) is 0 Å². The quantitative estimate of drug-likeness (QED) is 0.829. The molecule has 1 aliphatic carbocycles. The van der Waals surface area contributed by atoms with Crippen molar-refractivity contribution in [2.45, 2.75) is 45.2 Å². The number of hydrogen-bond acceptors (Lipinski definition) is 2. The van der Waals surface area contributed by atoms with E-state index < -0.39 is 5.97 Å². The number of aliphatic carboxylic acids is 1. The van der Waals surface area contributed by atoms with Gasteiger partial charge in [-0.15, -0.1) is 0 Å². The molecule has 5 heteroatoms. The molecule has 1 atom stereocenters. The minimum absolute atomic E-state index is 0.0643. The zero-order valence-corrected chi connectivity index (χ0v) is 11.3. The Bertz CT molecular complexity index is 350. The molecule has 0 aromatic heterocycles. The van der Waals surface area contributed by atoms with Gasteiger partial charge in [-0.25, -0.2) is 4.79 Å². The molecule has 102 valence electrons. The number of nitrogens with zero attached hydrogens (tertiary/aromatic N) is 2. The minimum Gasteiger partial charge on any atom is -0.481 e. The van der Waals surface area contributed by atoms with Gasteiger partial charge < -0.3 is 14.9 Å². The molecule has 1 saturated carbocycles. The van der Waals surface area contributed by atoms with E-state index in [0.29, 0.717) is 18.8 Å². The molecule has 0 radical (unpaired) electrons. The van der Waals surface area contributed by atoms with Crippen LogP contribution in [0.25, 0.3) is 0 Å². The van der Waals surface area contributed by atoms with Crippen molar-refractivity contribution in [3.05, 3.63) is 0 Å². The number of hydrogen-bond donors (Lipinski definition) is 1. The average molecular weight is 254 g/mol. The summed E-state index contributed by atoms with van der Waals surface area (Å²) in [6, 6.07) is 0.481. The van der Waals surface area contributed by atoms with Crippen molar-refractivity contribution in [2.75, 3.05) is 13.6 Å². The van der Waals surface area contributed by atoms with Crippen LogP contribution in [0, 0.1) is 11.8 Å². The van der Waals surface area contributed by atoms with Crippen LogP contribution in [-0.4, -0.2) is 52.6 Å². The van der Waals surface area contributed by atoms with Crippen LogP contribution in [0.1, 0.15) is 33.1 Å². The molecule has 0 aromatic rings. The Labute approximate surface area is 108 Å². The first-order chi connectivity index (χ1) is 8.40. The van der Waals surface area contributed by atoms with E-state index in [0.717, 1.165) is 13.0 Å². The van der Waals surface area contributed by atoms with Crippen LogP contribution in [0.2, 0.25) is 0 Å². The molecule has 1 saturated heterocycles. The molecule has 1 aliphatic heterocycles. The second-order valence-corrected chi connectivity index (χ2v) is 5.99. The third-order valence-corrected chi connectivity index (χ3v) is 4.15. The van der Waals surface area contributed by atoms with Crippen molar-refractivity contribution in [1.82, 2.24) is 9.80 Å². The van der Waals surface area contributed by atoms with Gasteiger partial charge in [-0.1, -0.05) is 13.8 Å². The van der Waals surface area contributed by atoms with Crippen LogP contribution in [-0.2, 0) is 4.79 Å². The van der Waals surface area contributed by atoms with Crippen molar-refractivity contribution < 1.29 is 14.7 Å². The second-order valence-electron chi connectivity index (χ2n) is 5.99. The fraction of sp³-hybridized carbons (Fsp3) is 0.846. The van der Waals surface area contributed by atoms with Crippen molar-refractivity contribution in [3.8, 4) is 0 Å². The average Bonchev–Trinajstić information content (AvgIpc) is 2.43. The summed E-state index contributed by atoms with van der Waals surface area (Å²) >= 11 is 0. The van der Waals surface area contributed by atoms with Crippen molar-refractivity contribution >= 4 is 12.0 Å². The molecule has 5 nitrogen and oxygen atoms in total. The highest BCUT2D eigenvalue weighted by Crippen LogP contribution is 2.35. The van der Waals surface area contributed by atoms with Gasteiger partial charge in [-0.2, -0.15) is 0 Å². The molecule has 2 fully saturated rings. The van der Waals surface area contributed by atoms with Crippen LogP contribution in [0.15, 0.2) is 0 Å². The number of rotatable bonds is 4. The molecule has 2 rings (SSSR count). The van der Waals surface area contributed by atoms with E-state index in [2.05, 4.69) is 13.8 Å². The summed E-state index contributed by atoms with van der Waals surface area (Å²) in [6.45, 7) is 5.07. The number of amides is 2. The predicted octanol–water partition coefficient (Wildman–Crippen LogP) is 1.63. The maximum Gasteiger partial charge on any atom is 0.320 e. The fourth-order valence-electron chi connectivity index (χ4n) is 2.91. The molecular weight excluding hydrogens is 232 g/mol. The predicted molar refractivity (Wildman–Crippen MR) is 67.3 cm³/mol. The number of urea groups is 1. The number of carboxylic acid groups (broad SMARTS) is 1. The topological polar surface area (TPSA) is 60.9 Å². The van der Waals surface area contributed by atoms with Crippen LogP contribution in [0.5, 0.6) is 0 Å². The number of carbonyl (C=O) groups excluding carboxylic acids is 1. The smallest absolute Gasteiger partial charge is 0.320 e. The standard InChI is InChI=1S/C13H22N2O3/c1-8(2)4-11-7-15(13(18)14(11)3)10-5-9(6-10)12(16)17/h8-11H,4-7H2,1-3H3,(H,16,17). The van der Waals surface area contributed by atoms with E-state index in [1.807, 2.05) is 16.8 Å². The SMILES string of the molecule is CC(C)CC1CN(C2CC(C(=O)O)C2)C(=O)N1C. The van der Waals surface area contributed by atoms with Gasteiger partial charge >= 0.3 is 12.0 Å². The lowest BCUT2D eigenvalue weighted by atomic mass is 9.79. The summed E-state index contributed by atoms with van der Waals surface area (Å²) in [5.74, 6) is -0.416. The highest BCUT2D eigenvalue weighted by Gasteiger charge is 2.45. The first-order valence-electron chi connectivity index (χ1n) is 6.66. The van der Waals surface area contributed by atoms with Crippen LogP contribution in [0.3, 0.4) is 0 Å². The third-order valence-electron chi connectivity index (χ3n) is 4.15. The maximum atomic E-state index is 12.1. The Hall–Kier alpha value is -1.26. The first-order valence-corrected chi connectivity index (χ1v) is 6.66. The zero-order valence-electron chi connectivity index (χ0n) is 11.3. The van der Waals surface area contributed by atoms with E-state index in [4.69, 9.17) is 5.11 Å². The zero-order chi connectivity index (χ0) is 13.4. The summed E-state index contributed by atoms with van der Waals surface area (Å²) < 4.78 is 0. The molecular formula is C13H22N2O3. The lowest BCUT2D eigenvalue weighted by Gasteiger charge is -2.38. The Morgan fingerprint density at radius 3 is 2.56 bits per heavy atom. The van der Waals surface area contributed by atoms with E-state index in [9.17, 15) is 9.59 Å². The fourth-order valence-corrected chi connectivity index (χ4v) is 2.91. The van der Waals surface area contributed by atoms with E-state index in [1.54, 1.807) is 0 Å². The summed E-state index contributed by atoms with van der Waals surface area (Å²) in [7, 11) is 1.85. The maximum absolute atomic E-state index is 12.1. The molecule has 2 aliphatic rings. The molecule has 0 bridgehead atoms. The van der Waals surface area contributed by atoms with E-state index >= 15 is 0 Å². The van der Waals surface area contributed by atoms with Crippen LogP contribution < -0.4 is 0 Å². The van der Waals surface area contributed by atoms with Gasteiger partial charge in [0, 0.05) is 19.6 Å². The summed E-state index contributed by atoms with van der Waals surface area (Å²) in [4.78, 5) is 26.6. The molecule has 1 N–H and O–H groups in total. The summed E-state index contributed by atoms with van der Waals surface area (Å²) in [5, 5.41) is 8.87. The van der Waals surface area contributed by atoms with Crippen molar-refractivity contribution in [2.24, 2.45) is 11.8 Å². The largest absolute Gasteiger partial charge is 0.481 e. The molecule has 0 aromatic carbocycles. The van der Waals surface area contributed by atoms with Crippen LogP contribution in [0.4, 0.5) is 4.79 Å².